The second-order valence-electron chi connectivity index (χ2n) is 4.27. The minimum atomic E-state index is 0.849. The van der Waals surface area contributed by atoms with Crippen LogP contribution in [0.5, 0.6) is 0 Å². The second-order valence-corrected chi connectivity index (χ2v) is 4.71. The van der Waals surface area contributed by atoms with Gasteiger partial charge in [0.05, 0.1) is 0 Å². The van der Waals surface area contributed by atoms with E-state index in [0.29, 0.717) is 0 Å². The average Bonchev–Trinajstić information content (AvgIpc) is 2.15. The van der Waals surface area contributed by atoms with Gasteiger partial charge in [0.2, 0.25) is 0 Å². The van der Waals surface area contributed by atoms with Crippen molar-refractivity contribution in [2.75, 3.05) is 0 Å². The molecule has 0 nitrogen and oxygen atoms in total. The maximum Gasteiger partial charge on any atom is 0.0409 e. The molecule has 0 aromatic heterocycles. The summed E-state index contributed by atoms with van der Waals surface area (Å²) in [6.45, 7) is 0. The fourth-order valence-electron chi connectivity index (χ4n) is 2.98. The number of hydrogen-bond acceptors (Lipinski definition) is 0. The van der Waals surface area contributed by atoms with E-state index in [0.717, 1.165) is 16.9 Å². The first-order chi connectivity index (χ1) is 6.36. The van der Waals surface area contributed by atoms with Gasteiger partial charge in [0, 0.05) is 5.02 Å². The van der Waals surface area contributed by atoms with Crippen LogP contribution in [-0.2, 0) is 0 Å². The lowest BCUT2D eigenvalue weighted by Crippen LogP contribution is -2.27. The normalized spacial score (nSPS) is 30.2. The van der Waals surface area contributed by atoms with Gasteiger partial charge < -0.3 is 0 Å². The summed E-state index contributed by atoms with van der Waals surface area (Å²) in [4.78, 5) is 0. The molecule has 1 saturated carbocycles. The molecule has 2 aliphatic carbocycles. The van der Waals surface area contributed by atoms with Gasteiger partial charge in [-0.1, -0.05) is 30.5 Å². The molecule has 3 rings (SSSR count). The molecule has 0 spiro atoms. The lowest BCUT2D eigenvalue weighted by Gasteiger charge is -2.43. The van der Waals surface area contributed by atoms with Crippen molar-refractivity contribution in [1.82, 2.24) is 0 Å². The van der Waals surface area contributed by atoms with Crippen LogP contribution < -0.4 is 0 Å². The van der Waals surface area contributed by atoms with Gasteiger partial charge in [-0.2, -0.15) is 0 Å². The van der Waals surface area contributed by atoms with Gasteiger partial charge >= 0.3 is 0 Å². The molecule has 1 heteroatoms. The highest BCUT2D eigenvalue weighted by atomic mass is 35.5. The number of halogens is 1. The number of hydrogen-bond donors (Lipinski definition) is 0. The SMILES string of the molecule is Clc1ccc2c(c1)C1CCCCC21. The van der Waals surface area contributed by atoms with Gasteiger partial charge in [-0.3, -0.25) is 0 Å². The average molecular weight is 193 g/mol. The molecule has 0 N–H and O–H groups in total. The molecule has 0 aliphatic heterocycles. The van der Waals surface area contributed by atoms with Crippen LogP contribution >= 0.6 is 11.6 Å². The van der Waals surface area contributed by atoms with Crippen LogP contribution in [-0.4, -0.2) is 0 Å². The van der Waals surface area contributed by atoms with Crippen LogP contribution in [0.1, 0.15) is 48.6 Å². The van der Waals surface area contributed by atoms with Crippen LogP contribution in [0.25, 0.3) is 0 Å². The number of rotatable bonds is 0. The highest BCUT2D eigenvalue weighted by Crippen LogP contribution is 2.54. The Hall–Kier alpha value is -0.490. The van der Waals surface area contributed by atoms with Crippen molar-refractivity contribution in [2.45, 2.75) is 37.5 Å². The lowest BCUT2D eigenvalue weighted by molar-refractivity contribution is 0.341. The summed E-state index contributed by atoms with van der Waals surface area (Å²) in [5.74, 6) is 1.73. The predicted octanol–water partition coefficient (Wildman–Crippen LogP) is 4.09. The van der Waals surface area contributed by atoms with Crippen molar-refractivity contribution in [3.05, 3.63) is 34.3 Å². The highest BCUT2D eigenvalue weighted by Gasteiger charge is 2.38. The van der Waals surface area contributed by atoms with Crippen LogP contribution in [0.2, 0.25) is 5.02 Å². The van der Waals surface area contributed by atoms with E-state index in [9.17, 15) is 0 Å². The largest absolute Gasteiger partial charge is 0.0843 e. The Labute approximate surface area is 83.9 Å². The van der Waals surface area contributed by atoms with E-state index < -0.39 is 0 Å². The smallest absolute Gasteiger partial charge is 0.0409 e. The molecule has 2 aliphatic rings. The van der Waals surface area contributed by atoms with E-state index in [2.05, 4.69) is 12.1 Å². The molecular weight excluding hydrogens is 180 g/mol. The lowest BCUT2D eigenvalue weighted by atomic mass is 9.61. The van der Waals surface area contributed by atoms with Crippen molar-refractivity contribution < 1.29 is 0 Å². The van der Waals surface area contributed by atoms with Crippen LogP contribution in [0.3, 0.4) is 0 Å². The third-order valence-electron chi connectivity index (χ3n) is 3.61. The molecule has 2 atom stereocenters. The molecule has 13 heavy (non-hydrogen) atoms. The van der Waals surface area contributed by atoms with Crippen molar-refractivity contribution in [3.63, 3.8) is 0 Å². The monoisotopic (exact) mass is 192 g/mol. The standard InChI is InChI=1S/C12H13Cl/c13-8-5-6-11-9-3-1-2-4-10(9)12(11)7-8/h5-7,9-10H,1-4H2. The van der Waals surface area contributed by atoms with Gasteiger partial charge in [-0.25, -0.2) is 0 Å². The molecule has 0 amide bonds. The van der Waals surface area contributed by atoms with Crippen molar-refractivity contribution in [2.24, 2.45) is 0 Å². The summed E-state index contributed by atoms with van der Waals surface area (Å²) in [5, 5.41) is 0.905. The quantitative estimate of drug-likeness (QED) is 0.581. The Kier molecular flexibility index (Phi) is 1.66. The van der Waals surface area contributed by atoms with Gasteiger partial charge in [0.25, 0.3) is 0 Å². The molecule has 0 bridgehead atoms. The van der Waals surface area contributed by atoms with Crippen LogP contribution in [0, 0.1) is 0 Å². The third kappa shape index (κ3) is 1.05. The second kappa shape index (κ2) is 2.75. The predicted molar refractivity (Wildman–Crippen MR) is 55.4 cm³/mol. The molecule has 0 saturated heterocycles. The zero-order valence-corrected chi connectivity index (χ0v) is 8.35. The summed E-state index contributed by atoms with van der Waals surface area (Å²) >= 11 is 5.98. The topological polar surface area (TPSA) is 0 Å². The third-order valence-corrected chi connectivity index (χ3v) is 3.85. The molecule has 1 aromatic rings. The first-order valence-electron chi connectivity index (χ1n) is 5.15. The fraction of sp³-hybridized carbons (Fsp3) is 0.500. The zero-order chi connectivity index (χ0) is 8.84. The molecule has 0 radical (unpaired) electrons. The van der Waals surface area contributed by atoms with E-state index in [1.165, 1.54) is 31.2 Å². The fourth-order valence-corrected chi connectivity index (χ4v) is 3.16. The first-order valence-corrected chi connectivity index (χ1v) is 5.53. The van der Waals surface area contributed by atoms with E-state index >= 15 is 0 Å². The van der Waals surface area contributed by atoms with Crippen LogP contribution in [0.15, 0.2) is 18.2 Å². The molecule has 1 fully saturated rings. The molecule has 1 aromatic carbocycles. The number of fused-ring (bicyclic) bond motifs is 4. The zero-order valence-electron chi connectivity index (χ0n) is 7.59. The van der Waals surface area contributed by atoms with E-state index in [-0.39, 0.29) is 0 Å². The van der Waals surface area contributed by atoms with Gasteiger partial charge in [0.15, 0.2) is 0 Å². The Morgan fingerprint density at radius 3 is 2.46 bits per heavy atom. The van der Waals surface area contributed by atoms with E-state index in [1.807, 2.05) is 6.07 Å². The maximum absolute atomic E-state index is 5.98. The molecule has 0 heterocycles. The van der Waals surface area contributed by atoms with Crippen molar-refractivity contribution in [1.29, 1.82) is 0 Å². The number of benzene rings is 1. The summed E-state index contributed by atoms with van der Waals surface area (Å²) in [7, 11) is 0. The summed E-state index contributed by atoms with van der Waals surface area (Å²) in [5.41, 5.74) is 3.12. The van der Waals surface area contributed by atoms with E-state index in [4.69, 9.17) is 11.6 Å². The van der Waals surface area contributed by atoms with E-state index in [1.54, 1.807) is 5.56 Å². The summed E-state index contributed by atoms with van der Waals surface area (Å²) in [6.07, 6.45) is 5.62. The Balaban J connectivity index is 2.03. The van der Waals surface area contributed by atoms with Gasteiger partial charge in [0.1, 0.15) is 0 Å². The minimum Gasteiger partial charge on any atom is -0.0843 e. The molecule has 2 unspecified atom stereocenters. The summed E-state index contributed by atoms with van der Waals surface area (Å²) in [6, 6.07) is 6.43. The van der Waals surface area contributed by atoms with Gasteiger partial charge in [-0.15, -0.1) is 0 Å². The summed E-state index contributed by atoms with van der Waals surface area (Å²) < 4.78 is 0. The first kappa shape index (κ1) is 7.87. The van der Waals surface area contributed by atoms with Crippen molar-refractivity contribution in [3.8, 4) is 0 Å². The highest BCUT2D eigenvalue weighted by molar-refractivity contribution is 6.30. The Bertz CT molecular complexity index is 343. The van der Waals surface area contributed by atoms with Gasteiger partial charge in [-0.05, 0) is 47.9 Å². The van der Waals surface area contributed by atoms with Crippen LogP contribution in [0.4, 0.5) is 0 Å². The maximum atomic E-state index is 5.98. The Morgan fingerprint density at radius 2 is 1.69 bits per heavy atom. The minimum absolute atomic E-state index is 0.849. The Morgan fingerprint density at radius 1 is 1.00 bits per heavy atom. The van der Waals surface area contributed by atoms with Crippen molar-refractivity contribution >= 4 is 11.6 Å². The molecular formula is C12H13Cl. The molecule has 68 valence electrons.